The summed E-state index contributed by atoms with van der Waals surface area (Å²) in [5, 5.41) is 9.41. The maximum atomic E-state index is 13.3. The normalized spacial score (nSPS) is 18.5. The summed E-state index contributed by atoms with van der Waals surface area (Å²) in [5.41, 5.74) is 0.403. The van der Waals surface area contributed by atoms with E-state index in [9.17, 15) is 19.1 Å². The Kier molecular flexibility index (Phi) is 7.79. The number of hydrogen-bond donors (Lipinski definition) is 1. The lowest BCUT2D eigenvalue weighted by atomic mass is 9.81. The number of carboxylic acid groups (broad SMARTS) is 1. The van der Waals surface area contributed by atoms with Gasteiger partial charge in [-0.2, -0.15) is 0 Å². The van der Waals surface area contributed by atoms with Crippen molar-refractivity contribution in [1.82, 2.24) is 4.90 Å². The van der Waals surface area contributed by atoms with Crippen molar-refractivity contribution in [1.29, 1.82) is 0 Å². The molecule has 1 aliphatic rings. The molecule has 0 spiro atoms. The highest BCUT2D eigenvalue weighted by molar-refractivity contribution is 5.71. The SMILES string of the molecule is CC(C)(C)OC(=O)COc1ccc(OC[C@@H]2CN(C(=O)O)CC[C@H]2c2ccc(F)cc2)cc1. The van der Waals surface area contributed by atoms with Gasteiger partial charge in [0.25, 0.3) is 0 Å². The second-order valence-corrected chi connectivity index (χ2v) is 9.09. The molecule has 7 nitrogen and oxygen atoms in total. The van der Waals surface area contributed by atoms with Crippen LogP contribution >= 0.6 is 0 Å². The smallest absolute Gasteiger partial charge is 0.407 e. The quantitative estimate of drug-likeness (QED) is 0.604. The second kappa shape index (κ2) is 10.6. The predicted octanol–water partition coefficient (Wildman–Crippen LogP) is 4.71. The first-order chi connectivity index (χ1) is 15.6. The molecule has 0 bridgehead atoms. The van der Waals surface area contributed by atoms with Crippen molar-refractivity contribution in [3.8, 4) is 11.5 Å². The Bertz CT molecular complexity index is 939. The Hall–Kier alpha value is -3.29. The fourth-order valence-electron chi connectivity index (χ4n) is 3.87. The van der Waals surface area contributed by atoms with Gasteiger partial charge in [-0.25, -0.2) is 14.0 Å². The number of likely N-dealkylation sites (tertiary alicyclic amines) is 1. The standard InChI is InChI=1S/C25H30FNO6/c1-25(2,3)33-23(28)16-32-21-10-8-20(9-11-21)31-15-18-14-27(24(29)30)13-12-22(18)17-4-6-19(26)7-5-17/h4-11,18,22H,12-16H2,1-3H3,(H,29,30)/t18-,22-/m0/s1. The number of carbonyl (C=O) groups excluding carboxylic acids is 1. The number of amides is 1. The third-order valence-corrected chi connectivity index (χ3v) is 5.37. The average Bonchev–Trinajstić information content (AvgIpc) is 2.76. The van der Waals surface area contributed by atoms with E-state index >= 15 is 0 Å². The molecule has 1 fully saturated rings. The fraction of sp³-hybridized carbons (Fsp3) is 0.440. The van der Waals surface area contributed by atoms with Crippen molar-refractivity contribution < 1.29 is 33.3 Å². The molecule has 0 saturated carbocycles. The van der Waals surface area contributed by atoms with Gasteiger partial charge in [-0.3, -0.25) is 0 Å². The Morgan fingerprint density at radius 2 is 1.64 bits per heavy atom. The average molecular weight is 460 g/mol. The van der Waals surface area contributed by atoms with Crippen molar-refractivity contribution in [3.05, 3.63) is 59.9 Å². The first kappa shape index (κ1) is 24.4. The molecule has 0 aliphatic carbocycles. The van der Waals surface area contributed by atoms with Crippen molar-refractivity contribution in [2.75, 3.05) is 26.3 Å². The van der Waals surface area contributed by atoms with Gasteiger partial charge in [0.1, 0.15) is 22.9 Å². The predicted molar refractivity (Wildman–Crippen MR) is 120 cm³/mol. The Balaban J connectivity index is 1.59. The maximum Gasteiger partial charge on any atom is 0.407 e. The molecule has 178 valence electrons. The number of esters is 1. The molecule has 1 N–H and O–H groups in total. The molecule has 2 aromatic carbocycles. The zero-order valence-corrected chi connectivity index (χ0v) is 19.1. The second-order valence-electron chi connectivity index (χ2n) is 9.09. The summed E-state index contributed by atoms with van der Waals surface area (Å²) in [6.07, 6.45) is -0.312. The molecule has 2 aromatic rings. The van der Waals surface area contributed by atoms with Crippen LogP contribution in [-0.4, -0.2) is 54.0 Å². The van der Waals surface area contributed by atoms with Crippen LogP contribution in [0.25, 0.3) is 0 Å². The Labute approximate surface area is 193 Å². The third kappa shape index (κ3) is 7.37. The highest BCUT2D eigenvalue weighted by Crippen LogP contribution is 2.34. The minimum absolute atomic E-state index is 0.0673. The lowest BCUT2D eigenvalue weighted by molar-refractivity contribution is -0.157. The molecule has 8 heteroatoms. The van der Waals surface area contributed by atoms with Crippen LogP contribution in [0.1, 0.15) is 38.7 Å². The molecule has 33 heavy (non-hydrogen) atoms. The van der Waals surface area contributed by atoms with E-state index in [1.165, 1.54) is 17.0 Å². The third-order valence-electron chi connectivity index (χ3n) is 5.37. The minimum Gasteiger partial charge on any atom is -0.493 e. The molecular weight excluding hydrogens is 429 g/mol. The summed E-state index contributed by atoms with van der Waals surface area (Å²) >= 11 is 0. The van der Waals surface area contributed by atoms with E-state index in [1.54, 1.807) is 57.2 Å². The van der Waals surface area contributed by atoms with Crippen LogP contribution in [0.15, 0.2) is 48.5 Å². The van der Waals surface area contributed by atoms with Crippen molar-refractivity contribution in [2.24, 2.45) is 5.92 Å². The van der Waals surface area contributed by atoms with E-state index in [4.69, 9.17) is 14.2 Å². The molecule has 0 unspecified atom stereocenters. The number of nitrogens with zero attached hydrogens (tertiary/aromatic N) is 1. The van der Waals surface area contributed by atoms with E-state index in [0.29, 0.717) is 37.6 Å². The lowest BCUT2D eigenvalue weighted by Gasteiger charge is -2.37. The first-order valence-corrected chi connectivity index (χ1v) is 10.9. The minimum atomic E-state index is -0.955. The van der Waals surface area contributed by atoms with Crippen LogP contribution in [0, 0.1) is 11.7 Å². The summed E-state index contributed by atoms with van der Waals surface area (Å²) in [5.74, 6) is 0.344. The molecule has 2 atom stereocenters. The van der Waals surface area contributed by atoms with Crippen molar-refractivity contribution >= 4 is 12.1 Å². The number of ether oxygens (including phenoxy) is 3. The van der Waals surface area contributed by atoms with Gasteiger partial charge in [-0.15, -0.1) is 0 Å². The summed E-state index contributed by atoms with van der Waals surface area (Å²) in [7, 11) is 0. The molecule has 1 saturated heterocycles. The molecule has 1 amide bonds. The maximum absolute atomic E-state index is 13.3. The van der Waals surface area contributed by atoms with Gasteiger partial charge < -0.3 is 24.2 Å². The molecule has 0 aromatic heterocycles. The largest absolute Gasteiger partial charge is 0.493 e. The highest BCUT2D eigenvalue weighted by Gasteiger charge is 2.33. The van der Waals surface area contributed by atoms with E-state index < -0.39 is 17.7 Å². The molecular formula is C25H30FNO6. The molecule has 0 radical (unpaired) electrons. The van der Waals surface area contributed by atoms with Crippen LogP contribution in [0.2, 0.25) is 0 Å². The number of halogens is 1. The van der Waals surface area contributed by atoms with Crippen LogP contribution in [0.3, 0.4) is 0 Å². The van der Waals surface area contributed by atoms with E-state index in [2.05, 4.69) is 0 Å². The van der Waals surface area contributed by atoms with Crippen LogP contribution in [0.4, 0.5) is 9.18 Å². The number of carbonyl (C=O) groups is 2. The van der Waals surface area contributed by atoms with Crippen LogP contribution in [-0.2, 0) is 9.53 Å². The van der Waals surface area contributed by atoms with Gasteiger partial charge in [-0.05, 0) is 75.1 Å². The number of hydrogen-bond acceptors (Lipinski definition) is 5. The molecule has 1 aliphatic heterocycles. The number of piperidine rings is 1. The lowest BCUT2D eigenvalue weighted by Crippen LogP contribution is -2.44. The van der Waals surface area contributed by atoms with Gasteiger partial charge in [0.2, 0.25) is 0 Å². The Morgan fingerprint density at radius 3 is 2.21 bits per heavy atom. The topological polar surface area (TPSA) is 85.3 Å². The summed E-state index contributed by atoms with van der Waals surface area (Å²) in [4.78, 5) is 24.6. The van der Waals surface area contributed by atoms with Crippen LogP contribution in [0.5, 0.6) is 11.5 Å². The first-order valence-electron chi connectivity index (χ1n) is 10.9. The Morgan fingerprint density at radius 1 is 1.03 bits per heavy atom. The van der Waals surface area contributed by atoms with Crippen molar-refractivity contribution in [2.45, 2.75) is 38.7 Å². The number of benzene rings is 2. The van der Waals surface area contributed by atoms with E-state index in [1.807, 2.05) is 0 Å². The zero-order valence-electron chi connectivity index (χ0n) is 19.1. The van der Waals surface area contributed by atoms with Gasteiger partial charge in [0.05, 0.1) is 6.61 Å². The monoisotopic (exact) mass is 459 g/mol. The fourth-order valence-corrected chi connectivity index (χ4v) is 3.87. The summed E-state index contributed by atoms with van der Waals surface area (Å²) in [6, 6.07) is 13.2. The van der Waals surface area contributed by atoms with Crippen LogP contribution < -0.4 is 9.47 Å². The van der Waals surface area contributed by atoms with Crippen molar-refractivity contribution in [3.63, 3.8) is 0 Å². The highest BCUT2D eigenvalue weighted by atomic mass is 19.1. The number of rotatable bonds is 7. The van der Waals surface area contributed by atoms with Gasteiger partial charge in [-0.1, -0.05) is 12.1 Å². The molecule has 1 heterocycles. The zero-order chi connectivity index (χ0) is 24.0. The van der Waals surface area contributed by atoms with E-state index in [-0.39, 0.29) is 24.3 Å². The summed E-state index contributed by atoms with van der Waals surface area (Å²) < 4.78 is 30.0. The molecule has 3 rings (SSSR count). The van der Waals surface area contributed by atoms with Gasteiger partial charge in [0, 0.05) is 19.0 Å². The van der Waals surface area contributed by atoms with Gasteiger partial charge >= 0.3 is 12.1 Å². The summed E-state index contributed by atoms with van der Waals surface area (Å²) in [6.45, 7) is 6.26. The van der Waals surface area contributed by atoms with Gasteiger partial charge in [0.15, 0.2) is 6.61 Å². The van der Waals surface area contributed by atoms with E-state index in [0.717, 1.165) is 5.56 Å².